The Kier molecular flexibility index (Phi) is 4.84. The molecule has 1 saturated heterocycles. The first-order valence-electron chi connectivity index (χ1n) is 8.11. The minimum atomic E-state index is -4.39. The third-order valence-electron chi connectivity index (χ3n) is 4.21. The topological polar surface area (TPSA) is 40.2 Å². The molecule has 3 nitrogen and oxygen atoms in total. The second kappa shape index (κ2) is 7.06. The van der Waals surface area contributed by atoms with E-state index in [0.717, 1.165) is 43.9 Å². The summed E-state index contributed by atoms with van der Waals surface area (Å²) in [5, 5.41) is 9.33. The monoisotopic (exact) mass is 346 g/mol. The van der Waals surface area contributed by atoms with E-state index in [4.69, 9.17) is 4.42 Å². The van der Waals surface area contributed by atoms with Crippen molar-refractivity contribution < 1.29 is 17.6 Å². The molecule has 0 aliphatic carbocycles. The number of anilines is 1. The molecule has 1 aliphatic rings. The highest BCUT2D eigenvalue weighted by molar-refractivity contribution is 5.88. The van der Waals surface area contributed by atoms with E-state index in [2.05, 4.69) is 4.90 Å². The van der Waals surface area contributed by atoms with Gasteiger partial charge in [0.25, 0.3) is 0 Å². The molecule has 3 rings (SSSR count). The molecule has 0 unspecified atom stereocenters. The first-order chi connectivity index (χ1) is 12.0. The van der Waals surface area contributed by atoms with Gasteiger partial charge in [-0.3, -0.25) is 0 Å². The maximum absolute atomic E-state index is 12.6. The highest BCUT2D eigenvalue weighted by atomic mass is 19.4. The number of benzene rings is 1. The van der Waals surface area contributed by atoms with Gasteiger partial charge in [-0.05, 0) is 49.1 Å². The lowest BCUT2D eigenvalue weighted by Crippen LogP contribution is -2.28. The Morgan fingerprint density at radius 2 is 1.72 bits per heavy atom. The second-order valence-electron chi connectivity index (χ2n) is 5.97. The van der Waals surface area contributed by atoms with E-state index in [9.17, 15) is 18.4 Å². The van der Waals surface area contributed by atoms with Crippen LogP contribution < -0.4 is 4.90 Å². The molecule has 2 aromatic rings. The lowest BCUT2D eigenvalue weighted by molar-refractivity contribution is -0.137. The van der Waals surface area contributed by atoms with Gasteiger partial charge in [0, 0.05) is 19.2 Å². The Morgan fingerprint density at radius 1 is 1.04 bits per heavy atom. The summed E-state index contributed by atoms with van der Waals surface area (Å²) in [5.74, 6) is 1.27. The van der Waals surface area contributed by atoms with E-state index >= 15 is 0 Å². The quantitative estimate of drug-likeness (QED) is 0.703. The van der Waals surface area contributed by atoms with Crippen LogP contribution in [0.4, 0.5) is 19.1 Å². The van der Waals surface area contributed by atoms with Crippen LogP contribution in [0.3, 0.4) is 0 Å². The Bertz CT molecular complexity index is 791. The Morgan fingerprint density at radius 3 is 2.32 bits per heavy atom. The summed E-state index contributed by atoms with van der Waals surface area (Å²) in [6.07, 6.45) is 0.633. The number of hydrogen-bond donors (Lipinski definition) is 0. The van der Waals surface area contributed by atoms with E-state index in [0.29, 0.717) is 11.3 Å². The molecule has 2 heterocycles. The maximum Gasteiger partial charge on any atom is 0.416 e. The van der Waals surface area contributed by atoms with Gasteiger partial charge in [0.1, 0.15) is 5.76 Å². The van der Waals surface area contributed by atoms with Crippen LogP contribution in [0.15, 0.2) is 40.8 Å². The first-order valence-corrected chi connectivity index (χ1v) is 8.11. The van der Waals surface area contributed by atoms with Gasteiger partial charge in [0.15, 0.2) is 5.88 Å². The third kappa shape index (κ3) is 4.05. The summed E-state index contributed by atoms with van der Waals surface area (Å²) in [6.45, 7) is 1.89. The van der Waals surface area contributed by atoms with Crippen molar-refractivity contribution in [1.82, 2.24) is 0 Å². The number of rotatable bonds is 3. The molecular weight excluding hydrogens is 329 g/mol. The number of nitriles is 1. The highest BCUT2D eigenvalue weighted by Gasteiger charge is 2.30. The van der Waals surface area contributed by atoms with Gasteiger partial charge < -0.3 is 9.32 Å². The molecule has 6 heteroatoms. The van der Waals surface area contributed by atoms with Crippen molar-refractivity contribution in [1.29, 1.82) is 5.26 Å². The molecule has 1 aromatic heterocycles. The molecule has 0 spiro atoms. The van der Waals surface area contributed by atoms with Gasteiger partial charge in [-0.25, -0.2) is 0 Å². The van der Waals surface area contributed by atoms with Gasteiger partial charge >= 0.3 is 6.18 Å². The van der Waals surface area contributed by atoms with Crippen molar-refractivity contribution in [3.05, 3.63) is 53.3 Å². The molecule has 25 heavy (non-hydrogen) atoms. The minimum Gasteiger partial charge on any atom is -0.441 e. The standard InChI is InChI=1S/C19H17F3N2O/c20-19(21,22)16-6-4-14(5-7-16)15(13-23)12-17-8-9-18(25-17)24-10-2-1-3-11-24/h4-9,12H,1-3,10-11H2/b15-12-. The molecule has 0 N–H and O–H groups in total. The molecule has 1 fully saturated rings. The zero-order chi connectivity index (χ0) is 17.9. The van der Waals surface area contributed by atoms with E-state index in [-0.39, 0.29) is 5.57 Å². The van der Waals surface area contributed by atoms with Crippen molar-refractivity contribution in [3.63, 3.8) is 0 Å². The minimum absolute atomic E-state index is 0.258. The van der Waals surface area contributed by atoms with E-state index < -0.39 is 11.7 Å². The van der Waals surface area contributed by atoms with E-state index in [1.54, 1.807) is 12.1 Å². The Hall–Kier alpha value is -2.68. The molecule has 1 aromatic carbocycles. The zero-order valence-corrected chi connectivity index (χ0v) is 13.5. The van der Waals surface area contributed by atoms with Crippen molar-refractivity contribution >= 4 is 17.5 Å². The predicted octanol–water partition coefficient (Wildman–Crippen LogP) is 5.35. The van der Waals surface area contributed by atoms with Crippen LogP contribution in [0.2, 0.25) is 0 Å². The van der Waals surface area contributed by atoms with Crippen LogP contribution >= 0.6 is 0 Å². The van der Waals surface area contributed by atoms with E-state index in [1.165, 1.54) is 18.6 Å². The van der Waals surface area contributed by atoms with Crippen molar-refractivity contribution in [2.24, 2.45) is 0 Å². The van der Waals surface area contributed by atoms with Crippen LogP contribution in [0.5, 0.6) is 0 Å². The average Bonchev–Trinajstić information content (AvgIpc) is 3.08. The number of hydrogen-bond acceptors (Lipinski definition) is 3. The molecule has 1 aliphatic heterocycles. The SMILES string of the molecule is N#C/C(=C/c1ccc(N2CCCCC2)o1)c1ccc(C(F)(F)F)cc1. The third-order valence-corrected chi connectivity index (χ3v) is 4.21. The molecular formula is C19H17F3N2O. The van der Waals surface area contributed by atoms with Gasteiger partial charge in [-0.15, -0.1) is 0 Å². The first kappa shape index (κ1) is 17.2. The Balaban J connectivity index is 1.81. The number of halogens is 3. The summed E-state index contributed by atoms with van der Waals surface area (Å²) in [6, 6.07) is 10.2. The lowest BCUT2D eigenvalue weighted by atomic mass is 10.0. The largest absolute Gasteiger partial charge is 0.441 e. The molecule has 0 amide bonds. The smallest absolute Gasteiger partial charge is 0.416 e. The fourth-order valence-corrected chi connectivity index (χ4v) is 2.87. The van der Waals surface area contributed by atoms with Crippen LogP contribution in [0.25, 0.3) is 11.6 Å². The molecule has 0 radical (unpaired) electrons. The number of nitrogens with zero attached hydrogens (tertiary/aromatic N) is 2. The van der Waals surface area contributed by atoms with Gasteiger partial charge in [-0.2, -0.15) is 18.4 Å². The van der Waals surface area contributed by atoms with Gasteiger partial charge in [0.05, 0.1) is 17.2 Å². The summed E-state index contributed by atoms with van der Waals surface area (Å²) in [7, 11) is 0. The number of allylic oxidation sites excluding steroid dienone is 1. The normalized spacial score (nSPS) is 15.9. The fraction of sp³-hybridized carbons (Fsp3) is 0.316. The van der Waals surface area contributed by atoms with Crippen LogP contribution in [0.1, 0.15) is 36.1 Å². The van der Waals surface area contributed by atoms with Gasteiger partial charge in [0.2, 0.25) is 0 Å². The zero-order valence-electron chi connectivity index (χ0n) is 13.5. The maximum atomic E-state index is 12.6. The van der Waals surface area contributed by atoms with Crippen molar-refractivity contribution in [2.45, 2.75) is 25.4 Å². The highest BCUT2D eigenvalue weighted by Crippen LogP contribution is 2.31. The molecule has 0 atom stereocenters. The lowest BCUT2D eigenvalue weighted by Gasteiger charge is -2.25. The number of piperidine rings is 1. The summed E-state index contributed by atoms with van der Waals surface area (Å²) >= 11 is 0. The molecule has 0 saturated carbocycles. The van der Waals surface area contributed by atoms with Crippen molar-refractivity contribution in [3.8, 4) is 6.07 Å². The summed E-state index contributed by atoms with van der Waals surface area (Å²) < 4.78 is 43.7. The summed E-state index contributed by atoms with van der Waals surface area (Å²) in [4.78, 5) is 2.16. The predicted molar refractivity (Wildman–Crippen MR) is 89.7 cm³/mol. The summed E-state index contributed by atoms with van der Waals surface area (Å²) in [5.41, 5.74) is -0.0568. The van der Waals surface area contributed by atoms with Gasteiger partial charge in [-0.1, -0.05) is 12.1 Å². The van der Waals surface area contributed by atoms with Crippen LogP contribution in [-0.4, -0.2) is 13.1 Å². The molecule has 130 valence electrons. The fourth-order valence-electron chi connectivity index (χ4n) is 2.87. The second-order valence-corrected chi connectivity index (χ2v) is 5.97. The number of alkyl halides is 3. The van der Waals surface area contributed by atoms with Crippen LogP contribution in [-0.2, 0) is 6.18 Å². The van der Waals surface area contributed by atoms with Crippen LogP contribution in [0, 0.1) is 11.3 Å². The molecule has 0 bridgehead atoms. The Labute approximate surface area is 144 Å². The number of furan rings is 1. The van der Waals surface area contributed by atoms with E-state index in [1.807, 2.05) is 12.1 Å². The van der Waals surface area contributed by atoms with Crippen molar-refractivity contribution in [2.75, 3.05) is 18.0 Å². The average molecular weight is 346 g/mol.